The van der Waals surface area contributed by atoms with E-state index in [9.17, 15) is 0 Å². The van der Waals surface area contributed by atoms with Gasteiger partial charge in [0.15, 0.2) is 0 Å². The van der Waals surface area contributed by atoms with Gasteiger partial charge in [0.05, 0.1) is 5.41 Å². The molecule has 0 aromatic heterocycles. The molecule has 0 fully saturated rings. The molecule has 0 radical (unpaired) electrons. The second-order valence-corrected chi connectivity index (χ2v) is 18.1. The first-order chi connectivity index (χ1) is 32.5. The van der Waals surface area contributed by atoms with E-state index in [4.69, 9.17) is 0 Å². The summed E-state index contributed by atoms with van der Waals surface area (Å²) in [5.41, 5.74) is 21.4. The van der Waals surface area contributed by atoms with Crippen LogP contribution in [0.4, 0.5) is 34.1 Å². The quantitative estimate of drug-likeness (QED) is 0.143. The van der Waals surface area contributed by atoms with E-state index in [-0.39, 0.29) is 5.41 Å². The Morgan fingerprint density at radius 1 is 0.258 bits per heavy atom. The molecule has 2 heteroatoms. The molecule has 0 N–H and O–H groups in total. The minimum Gasteiger partial charge on any atom is -0.311 e. The van der Waals surface area contributed by atoms with Crippen LogP contribution in [-0.4, -0.2) is 0 Å². The van der Waals surface area contributed by atoms with Gasteiger partial charge in [0.25, 0.3) is 0 Å². The van der Waals surface area contributed by atoms with Gasteiger partial charge in [-0.2, -0.15) is 0 Å². The van der Waals surface area contributed by atoms with Crippen LogP contribution in [-0.2, 0) is 10.8 Å². The van der Waals surface area contributed by atoms with E-state index in [1.165, 1.54) is 66.8 Å². The number of hydrogen-bond donors (Lipinski definition) is 0. The van der Waals surface area contributed by atoms with Crippen LogP contribution in [0.3, 0.4) is 0 Å². The Kier molecular flexibility index (Phi) is 9.43. The largest absolute Gasteiger partial charge is 0.311 e. The van der Waals surface area contributed by atoms with Gasteiger partial charge in [0, 0.05) is 39.5 Å². The van der Waals surface area contributed by atoms with Crippen LogP contribution in [0.25, 0.3) is 33.4 Å². The maximum absolute atomic E-state index is 2.43. The van der Waals surface area contributed by atoms with Crippen molar-refractivity contribution in [1.82, 2.24) is 0 Å². The molecule has 0 atom stereocenters. The number of nitrogens with zero attached hydrogens (tertiary/aromatic N) is 2. The van der Waals surface area contributed by atoms with Gasteiger partial charge in [0.2, 0.25) is 0 Å². The number of benzene rings is 10. The van der Waals surface area contributed by atoms with Gasteiger partial charge in [-0.25, -0.2) is 0 Å². The third-order valence-electron chi connectivity index (χ3n) is 14.2. The fourth-order valence-corrected chi connectivity index (χ4v) is 11.1. The molecule has 2 aliphatic carbocycles. The molecular formula is C64H48N2. The molecule has 0 amide bonds. The molecule has 10 aromatic rings. The summed E-state index contributed by atoms with van der Waals surface area (Å²) in [5.74, 6) is 0. The Balaban J connectivity index is 1.01. The molecule has 0 saturated heterocycles. The summed E-state index contributed by atoms with van der Waals surface area (Å²) in [6.07, 6.45) is 0. The van der Waals surface area contributed by atoms with Crippen LogP contribution in [0, 0.1) is 0 Å². The van der Waals surface area contributed by atoms with Crippen LogP contribution in [0.5, 0.6) is 0 Å². The van der Waals surface area contributed by atoms with E-state index in [0.29, 0.717) is 0 Å². The lowest BCUT2D eigenvalue weighted by Gasteiger charge is -2.35. The first-order valence-electron chi connectivity index (χ1n) is 23.0. The molecule has 0 aliphatic heterocycles. The standard InChI is InChI=1S/C64H48N2/c1-63(2)59-27-15-12-24-55(59)58-43-42-54(44-62(58)63)66(51-36-30-46(31-37-51)45-18-6-3-7-19-45)53-40-34-48(35-41-53)64(60-28-16-13-25-56(60)57-26-14-17-29-61(57)64)47-32-38-52(39-33-47)65(49-20-8-4-9-21-49)50-22-10-5-11-23-50/h3-44H,1-2H3. The summed E-state index contributed by atoms with van der Waals surface area (Å²) in [7, 11) is 0. The van der Waals surface area contributed by atoms with E-state index in [1.54, 1.807) is 0 Å². The van der Waals surface area contributed by atoms with Gasteiger partial charge < -0.3 is 9.80 Å². The van der Waals surface area contributed by atoms with Crippen molar-refractivity contribution in [3.05, 3.63) is 288 Å². The van der Waals surface area contributed by atoms with Gasteiger partial charge in [-0.05, 0) is 140 Å². The van der Waals surface area contributed by atoms with Crippen molar-refractivity contribution in [3.63, 3.8) is 0 Å². The molecule has 10 aromatic carbocycles. The lowest BCUT2D eigenvalue weighted by molar-refractivity contribution is 0.660. The van der Waals surface area contributed by atoms with Crippen LogP contribution in [0.1, 0.15) is 47.2 Å². The van der Waals surface area contributed by atoms with Crippen molar-refractivity contribution in [3.8, 4) is 33.4 Å². The van der Waals surface area contributed by atoms with Gasteiger partial charge in [0.1, 0.15) is 0 Å². The molecule has 2 nitrogen and oxygen atoms in total. The normalized spacial score (nSPS) is 13.5. The third kappa shape index (κ3) is 6.25. The molecule has 0 unspecified atom stereocenters. The van der Waals surface area contributed by atoms with E-state index in [1.807, 2.05) is 0 Å². The average Bonchev–Trinajstić information content (AvgIpc) is 3.81. The SMILES string of the molecule is CC1(C)c2ccccc2-c2ccc(N(c3ccc(-c4ccccc4)cc3)c3ccc(C4(c5ccc(N(c6ccccc6)c6ccccc6)cc5)c5ccccc5-c5ccccc54)cc3)cc21. The summed E-state index contributed by atoms with van der Waals surface area (Å²) in [6, 6.07) is 93.6. The van der Waals surface area contributed by atoms with Crippen molar-refractivity contribution in [2.75, 3.05) is 9.80 Å². The average molecular weight is 845 g/mol. The third-order valence-corrected chi connectivity index (χ3v) is 14.2. The Labute approximate surface area is 388 Å². The molecule has 0 bridgehead atoms. The molecule has 314 valence electrons. The molecule has 0 saturated carbocycles. The lowest BCUT2D eigenvalue weighted by Crippen LogP contribution is -2.28. The summed E-state index contributed by atoms with van der Waals surface area (Å²) >= 11 is 0. The smallest absolute Gasteiger partial charge is 0.0713 e. The first-order valence-corrected chi connectivity index (χ1v) is 23.0. The number of rotatable bonds is 9. The van der Waals surface area contributed by atoms with Crippen LogP contribution < -0.4 is 9.80 Å². The van der Waals surface area contributed by atoms with E-state index in [0.717, 1.165) is 34.1 Å². The maximum Gasteiger partial charge on any atom is 0.0713 e. The molecule has 0 heterocycles. The lowest BCUT2D eigenvalue weighted by atomic mass is 9.67. The van der Waals surface area contributed by atoms with Crippen LogP contribution in [0.2, 0.25) is 0 Å². The topological polar surface area (TPSA) is 6.48 Å². The summed E-state index contributed by atoms with van der Waals surface area (Å²) < 4.78 is 0. The molecule has 12 rings (SSSR count). The minimum absolute atomic E-state index is 0.126. The van der Waals surface area contributed by atoms with Gasteiger partial charge in [-0.1, -0.05) is 196 Å². The van der Waals surface area contributed by atoms with Crippen molar-refractivity contribution in [2.45, 2.75) is 24.7 Å². The second-order valence-electron chi connectivity index (χ2n) is 18.1. The minimum atomic E-state index is -0.555. The number of anilines is 6. The summed E-state index contributed by atoms with van der Waals surface area (Å²) in [6.45, 7) is 4.72. The van der Waals surface area contributed by atoms with Crippen molar-refractivity contribution in [1.29, 1.82) is 0 Å². The first kappa shape index (κ1) is 39.4. The van der Waals surface area contributed by atoms with E-state index in [2.05, 4.69) is 278 Å². The maximum atomic E-state index is 2.43. The van der Waals surface area contributed by atoms with Crippen LogP contribution >= 0.6 is 0 Å². The highest BCUT2D eigenvalue weighted by molar-refractivity contribution is 5.89. The predicted molar refractivity (Wildman–Crippen MR) is 276 cm³/mol. The fourth-order valence-electron chi connectivity index (χ4n) is 11.1. The molecule has 0 spiro atoms. The van der Waals surface area contributed by atoms with Gasteiger partial charge >= 0.3 is 0 Å². The highest BCUT2D eigenvalue weighted by Gasteiger charge is 2.46. The van der Waals surface area contributed by atoms with Crippen molar-refractivity contribution in [2.24, 2.45) is 0 Å². The Hall–Kier alpha value is -8.20. The van der Waals surface area contributed by atoms with E-state index < -0.39 is 5.41 Å². The monoisotopic (exact) mass is 844 g/mol. The number of hydrogen-bond acceptors (Lipinski definition) is 2. The van der Waals surface area contributed by atoms with E-state index >= 15 is 0 Å². The van der Waals surface area contributed by atoms with Crippen molar-refractivity contribution >= 4 is 34.1 Å². The number of para-hydroxylation sites is 2. The zero-order valence-electron chi connectivity index (χ0n) is 37.1. The molecule has 66 heavy (non-hydrogen) atoms. The highest BCUT2D eigenvalue weighted by atomic mass is 15.1. The van der Waals surface area contributed by atoms with Crippen LogP contribution in [0.15, 0.2) is 255 Å². The van der Waals surface area contributed by atoms with Gasteiger partial charge in [-0.15, -0.1) is 0 Å². The number of fused-ring (bicyclic) bond motifs is 6. The summed E-state index contributed by atoms with van der Waals surface area (Å²) in [4.78, 5) is 4.76. The highest BCUT2D eigenvalue weighted by Crippen LogP contribution is 2.57. The zero-order chi connectivity index (χ0) is 44.2. The predicted octanol–water partition coefficient (Wildman–Crippen LogP) is 17.0. The Morgan fingerprint density at radius 2 is 0.591 bits per heavy atom. The Bertz CT molecular complexity index is 3270. The van der Waals surface area contributed by atoms with Crippen molar-refractivity contribution < 1.29 is 0 Å². The fraction of sp³-hybridized carbons (Fsp3) is 0.0625. The molecule has 2 aliphatic rings. The zero-order valence-corrected chi connectivity index (χ0v) is 37.1. The van der Waals surface area contributed by atoms with Gasteiger partial charge in [-0.3, -0.25) is 0 Å². The Morgan fingerprint density at radius 3 is 1.09 bits per heavy atom. The molecular weight excluding hydrogens is 797 g/mol. The summed E-state index contributed by atoms with van der Waals surface area (Å²) in [5, 5.41) is 0. The second kappa shape index (κ2) is 15.8.